The van der Waals surface area contributed by atoms with Crippen molar-refractivity contribution in [1.82, 2.24) is 10.9 Å². The van der Waals surface area contributed by atoms with Gasteiger partial charge in [0.2, 0.25) is 0 Å². The number of amides is 2. The molecule has 2 amide bonds. The first-order valence-electron chi connectivity index (χ1n) is 10.4. The van der Waals surface area contributed by atoms with Crippen LogP contribution in [0.4, 0.5) is 5.69 Å². The van der Waals surface area contributed by atoms with Crippen molar-refractivity contribution in [2.24, 2.45) is 0 Å². The Labute approximate surface area is 196 Å². The highest BCUT2D eigenvalue weighted by atomic mass is 35.5. The highest BCUT2D eigenvalue weighted by Crippen LogP contribution is 2.37. The maximum absolute atomic E-state index is 13.0. The van der Waals surface area contributed by atoms with E-state index < -0.39 is 0 Å². The molecular weight excluding hydrogens is 434 g/mol. The topological polar surface area (TPSA) is 61.4 Å². The molecule has 4 aromatic rings. The van der Waals surface area contributed by atoms with E-state index in [0.717, 1.165) is 33.2 Å². The molecule has 0 aliphatic carbocycles. The first-order chi connectivity index (χ1) is 16.0. The summed E-state index contributed by atoms with van der Waals surface area (Å²) >= 11 is 5.90. The van der Waals surface area contributed by atoms with Crippen LogP contribution in [0.1, 0.15) is 31.8 Å². The van der Waals surface area contributed by atoms with Gasteiger partial charge in [-0.3, -0.25) is 20.4 Å². The Balaban J connectivity index is 1.25. The van der Waals surface area contributed by atoms with E-state index in [1.165, 1.54) is 0 Å². The van der Waals surface area contributed by atoms with Crippen LogP contribution < -0.4 is 15.8 Å². The number of anilines is 1. The van der Waals surface area contributed by atoms with Crippen molar-refractivity contribution >= 4 is 45.6 Å². The van der Waals surface area contributed by atoms with Gasteiger partial charge < -0.3 is 4.90 Å². The van der Waals surface area contributed by atoms with Gasteiger partial charge in [0.05, 0.1) is 17.9 Å². The third kappa shape index (κ3) is 3.95. The second kappa shape index (κ2) is 8.45. The van der Waals surface area contributed by atoms with E-state index in [-0.39, 0.29) is 11.8 Å². The summed E-state index contributed by atoms with van der Waals surface area (Å²) in [6, 6.07) is 26.1. The monoisotopic (exact) mass is 453 g/mol. The lowest BCUT2D eigenvalue weighted by Gasteiger charge is -2.18. The fourth-order valence-corrected chi connectivity index (χ4v) is 4.13. The highest BCUT2D eigenvalue weighted by molar-refractivity contribution is 6.30. The molecule has 4 aromatic carbocycles. The zero-order chi connectivity index (χ0) is 22.9. The molecule has 1 aliphatic rings. The fraction of sp³-hybridized carbons (Fsp3) is 0.0370. The fourth-order valence-electron chi connectivity index (χ4n) is 4.01. The van der Waals surface area contributed by atoms with Crippen molar-refractivity contribution in [2.75, 3.05) is 4.90 Å². The Morgan fingerprint density at radius 2 is 1.52 bits per heavy atom. The van der Waals surface area contributed by atoms with Crippen molar-refractivity contribution in [3.05, 3.63) is 119 Å². The van der Waals surface area contributed by atoms with Gasteiger partial charge in [-0.15, -0.1) is 0 Å². The average molecular weight is 454 g/mol. The van der Waals surface area contributed by atoms with Gasteiger partial charge in [-0.25, -0.2) is 0 Å². The third-order valence-corrected chi connectivity index (χ3v) is 5.98. The van der Waals surface area contributed by atoms with E-state index >= 15 is 0 Å². The summed E-state index contributed by atoms with van der Waals surface area (Å²) in [6.45, 7) is 4.36. The molecule has 0 bridgehead atoms. The summed E-state index contributed by atoms with van der Waals surface area (Å²) in [4.78, 5) is 27.3. The van der Waals surface area contributed by atoms with Gasteiger partial charge in [-0.2, -0.15) is 0 Å². The molecule has 1 aliphatic heterocycles. The minimum atomic E-state index is -0.286. The maximum Gasteiger partial charge on any atom is 0.269 e. The molecule has 0 aromatic heterocycles. The predicted octanol–water partition coefficient (Wildman–Crippen LogP) is 5.56. The molecule has 0 saturated carbocycles. The Morgan fingerprint density at radius 1 is 0.848 bits per heavy atom. The number of nitrogens with zero attached hydrogens (tertiary/aromatic N) is 1. The van der Waals surface area contributed by atoms with E-state index in [4.69, 9.17) is 11.6 Å². The molecular formula is C27H20ClN3O2. The summed E-state index contributed by atoms with van der Waals surface area (Å²) < 4.78 is 0. The zero-order valence-corrected chi connectivity index (χ0v) is 18.4. The molecule has 2 N–H and O–H groups in total. The number of hydrogen-bond acceptors (Lipinski definition) is 3. The van der Waals surface area contributed by atoms with Crippen molar-refractivity contribution in [2.45, 2.75) is 6.54 Å². The SMILES string of the molecule is C=C(NNC(=O)c1ccc(CN2C(=O)c3cccc4cccc2c34)cc1)c1ccc(Cl)cc1. The van der Waals surface area contributed by atoms with Crippen LogP contribution in [-0.2, 0) is 6.54 Å². The van der Waals surface area contributed by atoms with Gasteiger partial charge in [0, 0.05) is 21.5 Å². The van der Waals surface area contributed by atoms with Crippen LogP contribution in [0.15, 0.2) is 91.5 Å². The van der Waals surface area contributed by atoms with Crippen LogP contribution in [0.25, 0.3) is 16.5 Å². The number of nitrogens with one attached hydrogen (secondary N) is 2. The molecule has 1 heterocycles. The van der Waals surface area contributed by atoms with E-state index in [1.54, 1.807) is 29.2 Å². The quantitative estimate of drug-likeness (QED) is 0.376. The molecule has 0 spiro atoms. The number of carbonyl (C=O) groups excluding carboxylic acids is 2. The highest BCUT2D eigenvalue weighted by Gasteiger charge is 2.29. The molecule has 33 heavy (non-hydrogen) atoms. The molecule has 0 saturated heterocycles. The second-order valence-electron chi connectivity index (χ2n) is 7.83. The molecule has 0 atom stereocenters. The minimum Gasteiger partial charge on any atom is -0.303 e. The van der Waals surface area contributed by atoms with Gasteiger partial charge in [0.25, 0.3) is 11.8 Å². The smallest absolute Gasteiger partial charge is 0.269 e. The van der Waals surface area contributed by atoms with Crippen LogP contribution in [0.2, 0.25) is 5.02 Å². The molecule has 0 fully saturated rings. The molecule has 162 valence electrons. The largest absolute Gasteiger partial charge is 0.303 e. The van der Waals surface area contributed by atoms with Crippen molar-refractivity contribution in [1.29, 1.82) is 0 Å². The van der Waals surface area contributed by atoms with Crippen LogP contribution in [0.5, 0.6) is 0 Å². The Morgan fingerprint density at radius 3 is 2.24 bits per heavy atom. The number of rotatable bonds is 6. The molecule has 6 heteroatoms. The average Bonchev–Trinajstić information content (AvgIpc) is 3.11. The van der Waals surface area contributed by atoms with Crippen molar-refractivity contribution < 1.29 is 9.59 Å². The normalized spacial score (nSPS) is 12.2. The molecule has 5 nitrogen and oxygen atoms in total. The van der Waals surface area contributed by atoms with Crippen LogP contribution in [0, 0.1) is 0 Å². The number of hydrazine groups is 1. The van der Waals surface area contributed by atoms with Gasteiger partial charge in [0.1, 0.15) is 0 Å². The summed E-state index contributed by atoms with van der Waals surface area (Å²) in [7, 11) is 0. The summed E-state index contributed by atoms with van der Waals surface area (Å²) in [5.41, 5.74) is 9.92. The van der Waals surface area contributed by atoms with Crippen LogP contribution >= 0.6 is 11.6 Å². The van der Waals surface area contributed by atoms with E-state index in [1.807, 2.05) is 60.7 Å². The van der Waals surface area contributed by atoms with E-state index in [0.29, 0.717) is 22.8 Å². The summed E-state index contributed by atoms with van der Waals surface area (Å²) in [5, 5.41) is 2.68. The second-order valence-corrected chi connectivity index (χ2v) is 8.27. The lowest BCUT2D eigenvalue weighted by Crippen LogP contribution is -2.35. The van der Waals surface area contributed by atoms with Crippen molar-refractivity contribution in [3.63, 3.8) is 0 Å². The first-order valence-corrected chi connectivity index (χ1v) is 10.8. The Hall–Kier alpha value is -4.09. The van der Waals surface area contributed by atoms with Gasteiger partial charge in [-0.05, 0) is 52.9 Å². The lowest BCUT2D eigenvalue weighted by molar-refractivity contribution is 0.0941. The molecule has 0 unspecified atom stereocenters. The lowest BCUT2D eigenvalue weighted by atomic mass is 10.1. The number of hydrogen-bond donors (Lipinski definition) is 2. The van der Waals surface area contributed by atoms with Crippen LogP contribution in [0.3, 0.4) is 0 Å². The molecule has 5 rings (SSSR count). The Kier molecular flexibility index (Phi) is 5.32. The summed E-state index contributed by atoms with van der Waals surface area (Å²) in [6.07, 6.45) is 0. The number of halogens is 1. The predicted molar refractivity (Wildman–Crippen MR) is 132 cm³/mol. The molecule has 0 radical (unpaired) electrons. The first kappa shape index (κ1) is 20.8. The van der Waals surface area contributed by atoms with Crippen LogP contribution in [-0.4, -0.2) is 11.8 Å². The van der Waals surface area contributed by atoms with Gasteiger partial charge >= 0.3 is 0 Å². The standard InChI is InChI=1S/C27H20ClN3O2/c1-17(19-12-14-22(28)15-13-19)29-30-26(32)21-10-8-18(9-11-21)16-31-24-7-3-5-20-4-2-6-23(25(20)24)27(31)33/h2-15,29H,1,16H2,(H,30,32). The van der Waals surface area contributed by atoms with E-state index in [9.17, 15) is 9.59 Å². The third-order valence-electron chi connectivity index (χ3n) is 5.73. The Bertz CT molecular complexity index is 1390. The van der Waals surface area contributed by atoms with Crippen molar-refractivity contribution in [3.8, 4) is 0 Å². The minimum absolute atomic E-state index is 0.00599. The maximum atomic E-state index is 13.0. The number of benzene rings is 4. The van der Waals surface area contributed by atoms with E-state index in [2.05, 4.69) is 17.4 Å². The van der Waals surface area contributed by atoms with Gasteiger partial charge in [-0.1, -0.05) is 66.7 Å². The van der Waals surface area contributed by atoms with Gasteiger partial charge in [0.15, 0.2) is 0 Å². The summed E-state index contributed by atoms with van der Waals surface area (Å²) in [5.74, 6) is -0.292. The number of carbonyl (C=O) groups is 2. The zero-order valence-electron chi connectivity index (χ0n) is 17.6.